The molecular weight excluding hydrogens is 366 g/mol. The Bertz CT molecular complexity index is 755. The first-order valence-corrected chi connectivity index (χ1v) is 11.1. The largest absolute Gasteiger partial charge is 0.356 e. The SMILES string of the molecule is CN=C(NCc1nc(C(C)C)cs1)NCC1CC(C)N(Cc2ccccc2)C1. The van der Waals surface area contributed by atoms with Crippen molar-refractivity contribution in [1.29, 1.82) is 0 Å². The van der Waals surface area contributed by atoms with Gasteiger partial charge in [-0.1, -0.05) is 44.2 Å². The minimum atomic E-state index is 0.477. The van der Waals surface area contributed by atoms with Crippen molar-refractivity contribution in [2.75, 3.05) is 20.1 Å². The maximum atomic E-state index is 4.68. The van der Waals surface area contributed by atoms with E-state index >= 15 is 0 Å². The third-order valence-corrected chi connectivity index (χ3v) is 6.24. The molecule has 2 atom stereocenters. The highest BCUT2D eigenvalue weighted by molar-refractivity contribution is 7.09. The monoisotopic (exact) mass is 399 g/mol. The van der Waals surface area contributed by atoms with Gasteiger partial charge in [0.2, 0.25) is 0 Å². The molecule has 2 N–H and O–H groups in total. The summed E-state index contributed by atoms with van der Waals surface area (Å²) in [5.41, 5.74) is 2.56. The number of likely N-dealkylation sites (tertiary alicyclic amines) is 1. The van der Waals surface area contributed by atoms with Gasteiger partial charge in [0.15, 0.2) is 5.96 Å². The quantitative estimate of drug-likeness (QED) is 0.549. The lowest BCUT2D eigenvalue weighted by molar-refractivity contribution is 0.255. The van der Waals surface area contributed by atoms with Gasteiger partial charge < -0.3 is 10.6 Å². The fourth-order valence-corrected chi connectivity index (χ4v) is 4.59. The third kappa shape index (κ3) is 5.79. The molecule has 0 spiro atoms. The molecule has 0 bridgehead atoms. The van der Waals surface area contributed by atoms with Gasteiger partial charge in [0, 0.05) is 38.1 Å². The van der Waals surface area contributed by atoms with Gasteiger partial charge in [-0.25, -0.2) is 4.98 Å². The molecular formula is C22H33N5S. The summed E-state index contributed by atoms with van der Waals surface area (Å²) in [4.78, 5) is 11.6. The first kappa shape index (κ1) is 20.8. The zero-order chi connectivity index (χ0) is 19.9. The number of aliphatic imine (C=N–C) groups is 1. The normalized spacial score (nSPS) is 20.7. The summed E-state index contributed by atoms with van der Waals surface area (Å²) in [5.74, 6) is 1.98. The Morgan fingerprint density at radius 3 is 2.75 bits per heavy atom. The van der Waals surface area contributed by atoms with E-state index in [9.17, 15) is 0 Å². The Labute approximate surface area is 173 Å². The van der Waals surface area contributed by atoms with Gasteiger partial charge in [0.25, 0.3) is 0 Å². The van der Waals surface area contributed by atoms with Crippen molar-refractivity contribution in [3.63, 3.8) is 0 Å². The predicted octanol–water partition coefficient (Wildman–Crippen LogP) is 3.84. The molecule has 1 aliphatic heterocycles. The van der Waals surface area contributed by atoms with E-state index in [0.29, 0.717) is 17.9 Å². The van der Waals surface area contributed by atoms with E-state index in [1.165, 1.54) is 17.7 Å². The summed E-state index contributed by atoms with van der Waals surface area (Å²) in [7, 11) is 1.83. The van der Waals surface area contributed by atoms with Crippen molar-refractivity contribution in [1.82, 2.24) is 20.5 Å². The molecule has 1 aromatic carbocycles. The average Bonchev–Trinajstić information content (AvgIpc) is 3.30. The second-order valence-electron chi connectivity index (χ2n) is 7.99. The van der Waals surface area contributed by atoms with Crippen LogP contribution in [0.5, 0.6) is 0 Å². The molecule has 0 saturated carbocycles. The standard InChI is InChI=1S/C22H33N5S/c1-16(2)20-15-28-21(26-20)12-25-22(23-4)24-11-19-10-17(3)27(14-19)13-18-8-6-5-7-9-18/h5-9,15-17,19H,10-14H2,1-4H3,(H2,23,24,25). The molecule has 2 heterocycles. The fraction of sp³-hybridized carbons (Fsp3) is 0.545. The van der Waals surface area contributed by atoms with Gasteiger partial charge in [-0.3, -0.25) is 9.89 Å². The van der Waals surface area contributed by atoms with Crippen molar-refractivity contribution >= 4 is 17.3 Å². The van der Waals surface area contributed by atoms with Crippen LogP contribution in [0.3, 0.4) is 0 Å². The average molecular weight is 400 g/mol. The number of aromatic nitrogens is 1. The number of rotatable bonds is 7. The molecule has 0 radical (unpaired) electrons. The van der Waals surface area contributed by atoms with E-state index in [1.807, 2.05) is 7.05 Å². The Hall–Kier alpha value is -1.92. The molecule has 1 fully saturated rings. The smallest absolute Gasteiger partial charge is 0.191 e. The highest BCUT2D eigenvalue weighted by Gasteiger charge is 2.28. The van der Waals surface area contributed by atoms with Gasteiger partial charge in [-0.2, -0.15) is 0 Å². The van der Waals surface area contributed by atoms with Crippen LogP contribution in [0.4, 0.5) is 0 Å². The number of guanidine groups is 1. The molecule has 28 heavy (non-hydrogen) atoms. The van der Waals surface area contributed by atoms with E-state index < -0.39 is 0 Å². The van der Waals surface area contributed by atoms with Crippen LogP contribution in [-0.4, -0.2) is 42.0 Å². The fourth-order valence-electron chi connectivity index (χ4n) is 3.70. The maximum Gasteiger partial charge on any atom is 0.191 e. The van der Waals surface area contributed by atoms with E-state index in [-0.39, 0.29) is 0 Å². The minimum Gasteiger partial charge on any atom is -0.356 e. The van der Waals surface area contributed by atoms with E-state index in [1.54, 1.807) is 11.3 Å². The molecule has 2 aromatic rings. The van der Waals surface area contributed by atoms with Gasteiger partial charge in [-0.15, -0.1) is 11.3 Å². The zero-order valence-corrected chi connectivity index (χ0v) is 18.3. The number of nitrogens with zero attached hydrogens (tertiary/aromatic N) is 3. The van der Waals surface area contributed by atoms with Crippen LogP contribution in [-0.2, 0) is 13.1 Å². The number of hydrogen-bond donors (Lipinski definition) is 2. The number of benzene rings is 1. The predicted molar refractivity (Wildman–Crippen MR) is 119 cm³/mol. The van der Waals surface area contributed by atoms with Crippen molar-refractivity contribution in [2.45, 2.75) is 52.2 Å². The van der Waals surface area contributed by atoms with Crippen LogP contribution in [0.2, 0.25) is 0 Å². The highest BCUT2D eigenvalue weighted by Crippen LogP contribution is 2.24. The first-order valence-electron chi connectivity index (χ1n) is 10.2. The highest BCUT2D eigenvalue weighted by atomic mass is 32.1. The Morgan fingerprint density at radius 1 is 1.29 bits per heavy atom. The second kappa shape index (κ2) is 10.0. The van der Waals surface area contributed by atoms with Crippen LogP contribution in [0.1, 0.15) is 49.4 Å². The van der Waals surface area contributed by atoms with E-state index in [4.69, 9.17) is 0 Å². The molecule has 152 valence electrons. The number of hydrogen-bond acceptors (Lipinski definition) is 4. The molecule has 1 saturated heterocycles. The van der Waals surface area contributed by atoms with Crippen LogP contribution >= 0.6 is 11.3 Å². The molecule has 6 heteroatoms. The van der Waals surface area contributed by atoms with Crippen LogP contribution in [0, 0.1) is 5.92 Å². The van der Waals surface area contributed by atoms with Crippen LogP contribution in [0.25, 0.3) is 0 Å². The molecule has 2 unspecified atom stereocenters. The summed E-state index contributed by atoms with van der Waals surface area (Å²) >= 11 is 1.71. The third-order valence-electron chi connectivity index (χ3n) is 5.37. The summed E-state index contributed by atoms with van der Waals surface area (Å²) in [5, 5.41) is 10.2. The zero-order valence-electron chi connectivity index (χ0n) is 17.5. The minimum absolute atomic E-state index is 0.477. The lowest BCUT2D eigenvalue weighted by Gasteiger charge is -2.21. The van der Waals surface area contributed by atoms with Gasteiger partial charge in [0.1, 0.15) is 5.01 Å². The topological polar surface area (TPSA) is 52.6 Å². The molecule has 1 aliphatic rings. The van der Waals surface area contributed by atoms with Crippen molar-refractivity contribution < 1.29 is 0 Å². The Kier molecular flexibility index (Phi) is 7.45. The summed E-state index contributed by atoms with van der Waals surface area (Å²) in [6.45, 7) is 10.5. The van der Waals surface area contributed by atoms with Crippen LogP contribution in [0.15, 0.2) is 40.7 Å². The molecule has 1 aromatic heterocycles. The van der Waals surface area contributed by atoms with Gasteiger partial charge in [-0.05, 0) is 30.7 Å². The molecule has 0 aliphatic carbocycles. The summed E-state index contributed by atoms with van der Waals surface area (Å²) in [6.07, 6.45) is 1.22. The lowest BCUT2D eigenvalue weighted by Crippen LogP contribution is -2.39. The van der Waals surface area contributed by atoms with E-state index in [0.717, 1.165) is 37.1 Å². The van der Waals surface area contributed by atoms with Crippen molar-refractivity contribution in [2.24, 2.45) is 10.9 Å². The Balaban J connectivity index is 1.43. The number of nitrogens with one attached hydrogen (secondary N) is 2. The second-order valence-corrected chi connectivity index (χ2v) is 8.94. The Morgan fingerprint density at radius 2 is 2.07 bits per heavy atom. The van der Waals surface area contributed by atoms with Gasteiger partial charge >= 0.3 is 0 Å². The summed E-state index contributed by atoms with van der Waals surface area (Å²) < 4.78 is 0. The summed E-state index contributed by atoms with van der Waals surface area (Å²) in [6, 6.07) is 11.4. The van der Waals surface area contributed by atoms with E-state index in [2.05, 4.69) is 82.0 Å². The van der Waals surface area contributed by atoms with Gasteiger partial charge in [0.05, 0.1) is 12.2 Å². The molecule has 3 rings (SSSR count). The molecule has 0 amide bonds. The molecule has 5 nitrogen and oxygen atoms in total. The maximum absolute atomic E-state index is 4.68. The van der Waals surface area contributed by atoms with Crippen LogP contribution < -0.4 is 10.6 Å². The first-order chi connectivity index (χ1) is 13.5. The number of thiazole rings is 1. The van der Waals surface area contributed by atoms with Crippen molar-refractivity contribution in [3.05, 3.63) is 52.0 Å². The lowest BCUT2D eigenvalue weighted by atomic mass is 10.1. The van der Waals surface area contributed by atoms with Crippen molar-refractivity contribution in [3.8, 4) is 0 Å².